The third-order valence-corrected chi connectivity index (χ3v) is 8.22. The number of hydrogen-bond acceptors (Lipinski definition) is 7. The van der Waals surface area contributed by atoms with Crippen molar-refractivity contribution in [1.29, 1.82) is 0 Å². The van der Waals surface area contributed by atoms with Crippen LogP contribution in [-0.2, 0) is 41.2 Å². The highest BCUT2D eigenvalue weighted by atomic mass is 79.9. The molecule has 2 aliphatic heterocycles. The minimum Gasteiger partial charge on any atom is -1.00 e. The van der Waals surface area contributed by atoms with Gasteiger partial charge in [0.1, 0.15) is 12.4 Å². The maximum absolute atomic E-state index is 13.5. The van der Waals surface area contributed by atoms with E-state index in [1.54, 1.807) is 24.5 Å². The van der Waals surface area contributed by atoms with Gasteiger partial charge < -0.3 is 36.1 Å². The molecule has 4 aromatic rings. The van der Waals surface area contributed by atoms with Crippen LogP contribution in [0.15, 0.2) is 53.6 Å². The summed E-state index contributed by atoms with van der Waals surface area (Å²) in [6.45, 7) is 6.78. The van der Waals surface area contributed by atoms with Crippen molar-refractivity contribution in [1.82, 2.24) is 9.55 Å². The number of nitrogens with zero attached hydrogens (tertiary/aromatic N) is 3. The quantitative estimate of drug-likeness (QED) is 0.115. The lowest BCUT2D eigenvalue weighted by Crippen LogP contribution is -3.00. The number of carbonyl (C=O) groups excluding carboxylic acids is 2. The van der Waals surface area contributed by atoms with Crippen LogP contribution in [0, 0.1) is 0 Å². The van der Waals surface area contributed by atoms with Gasteiger partial charge in [-0.05, 0) is 55.7 Å². The Morgan fingerprint density at radius 2 is 2.00 bits per heavy atom. The first-order valence-corrected chi connectivity index (χ1v) is 14.0. The largest absolute Gasteiger partial charge is 1.00 e. The number of esters is 1. The second kappa shape index (κ2) is 11.4. The van der Waals surface area contributed by atoms with Gasteiger partial charge in [-0.2, -0.15) is 0 Å². The zero-order valence-corrected chi connectivity index (χ0v) is 25.4. The second-order valence-electron chi connectivity index (χ2n) is 10.6. The monoisotopic (exact) mass is 633 g/mol. The number of hydrogen-bond donors (Lipinski definition) is 1. The molecule has 0 radical (unpaired) electrons. The first-order valence-electron chi connectivity index (χ1n) is 14.0. The summed E-state index contributed by atoms with van der Waals surface area (Å²) in [5.41, 5.74) is 3.34. The maximum atomic E-state index is 13.5. The first-order chi connectivity index (χ1) is 19.7. The van der Waals surface area contributed by atoms with Crippen molar-refractivity contribution in [2.75, 3.05) is 6.61 Å². The summed E-state index contributed by atoms with van der Waals surface area (Å²) in [7, 11) is 0. The van der Waals surface area contributed by atoms with Crippen LogP contribution in [0.2, 0.25) is 0 Å². The van der Waals surface area contributed by atoms with Crippen LogP contribution in [-0.4, -0.2) is 33.0 Å². The molecule has 1 aromatic carbocycles. The Balaban J connectivity index is 0.00000353. The number of pyridine rings is 3. The van der Waals surface area contributed by atoms with Crippen LogP contribution in [0.25, 0.3) is 22.3 Å². The molecule has 1 atom stereocenters. The number of carbonyl (C=O) groups is 2. The predicted molar refractivity (Wildman–Crippen MR) is 151 cm³/mol. The highest BCUT2D eigenvalue weighted by molar-refractivity contribution is 5.93. The Kier molecular flexibility index (Phi) is 8.04. The molecular formula is C32H32BrN3O6. The van der Waals surface area contributed by atoms with Crippen molar-refractivity contribution < 1.29 is 45.7 Å². The van der Waals surface area contributed by atoms with Crippen LogP contribution in [0.5, 0.6) is 5.75 Å². The van der Waals surface area contributed by atoms with Crippen LogP contribution in [0.4, 0.5) is 0 Å². The SMILES string of the molecule is CCc1c2c(nc3ccc(OCCC[n+]4cccc(C(C)=O)c4)cc13)-c1cc3c(c(=O)n1C2)COC(=O)[C@]3(O)CC.[Br-]. The zero-order valence-electron chi connectivity index (χ0n) is 23.8. The molecule has 218 valence electrons. The molecule has 42 heavy (non-hydrogen) atoms. The molecule has 1 N–H and O–H groups in total. The zero-order chi connectivity index (χ0) is 28.9. The number of rotatable bonds is 8. The van der Waals surface area contributed by atoms with E-state index in [1.807, 2.05) is 47.3 Å². The van der Waals surface area contributed by atoms with Crippen molar-refractivity contribution in [3.8, 4) is 17.1 Å². The van der Waals surface area contributed by atoms with E-state index in [0.717, 1.165) is 47.2 Å². The number of Topliss-reactive ketones (excluding diaryl/α,β-unsaturated/α-hetero) is 1. The number of benzene rings is 1. The van der Waals surface area contributed by atoms with Gasteiger partial charge in [-0.3, -0.25) is 9.59 Å². The summed E-state index contributed by atoms with van der Waals surface area (Å²) in [6.07, 6.45) is 5.40. The van der Waals surface area contributed by atoms with E-state index in [4.69, 9.17) is 14.5 Å². The van der Waals surface area contributed by atoms with Crippen LogP contribution in [0.1, 0.15) is 66.2 Å². The molecule has 5 heterocycles. The lowest BCUT2D eigenvalue weighted by atomic mass is 9.86. The fourth-order valence-electron chi connectivity index (χ4n) is 5.94. The molecule has 10 heteroatoms. The number of aryl methyl sites for hydroxylation is 2. The standard InChI is InChI=1S/C32H32N3O6.BrH/c1-4-22-23-14-21(40-13-7-12-34-11-6-8-20(16-34)19(3)36)9-10-27(23)33-29-24(22)17-35-28(29)15-26-25(30(35)37)18-41-31(38)32(26,39)5-2;/h6,8-11,14-16,39H,4-5,7,12-13,17-18H2,1-3H3;1H/q+1;/p-1/t32-;/m0./s1. The van der Waals surface area contributed by atoms with Crippen LogP contribution < -0.4 is 31.8 Å². The number of fused-ring (bicyclic) bond motifs is 5. The van der Waals surface area contributed by atoms with E-state index in [2.05, 4.69) is 6.92 Å². The highest BCUT2D eigenvalue weighted by Crippen LogP contribution is 2.40. The van der Waals surface area contributed by atoms with E-state index >= 15 is 0 Å². The lowest BCUT2D eigenvalue weighted by molar-refractivity contribution is -0.697. The first kappa shape index (κ1) is 29.6. The molecule has 0 bridgehead atoms. The summed E-state index contributed by atoms with van der Waals surface area (Å²) >= 11 is 0. The van der Waals surface area contributed by atoms with Crippen molar-refractivity contribution in [3.05, 3.63) is 87.0 Å². The molecule has 0 saturated carbocycles. The number of ketones is 1. The van der Waals surface area contributed by atoms with Crippen molar-refractivity contribution >= 4 is 22.7 Å². The summed E-state index contributed by atoms with van der Waals surface area (Å²) in [6, 6.07) is 11.2. The van der Waals surface area contributed by atoms with E-state index in [-0.39, 0.29) is 41.4 Å². The lowest BCUT2D eigenvalue weighted by Gasteiger charge is -2.31. The number of aliphatic hydroxyl groups is 1. The van der Waals surface area contributed by atoms with Gasteiger partial charge >= 0.3 is 5.97 Å². The Labute approximate surface area is 253 Å². The van der Waals surface area contributed by atoms with Crippen molar-refractivity contribution in [3.63, 3.8) is 0 Å². The molecule has 2 aliphatic rings. The van der Waals surface area contributed by atoms with Gasteiger partial charge in [0.25, 0.3) is 5.56 Å². The number of ether oxygens (including phenoxy) is 2. The smallest absolute Gasteiger partial charge is 0.343 e. The van der Waals surface area contributed by atoms with Gasteiger partial charge in [0, 0.05) is 29.0 Å². The number of aromatic nitrogens is 3. The van der Waals surface area contributed by atoms with Gasteiger partial charge in [0.05, 0.1) is 41.2 Å². The van der Waals surface area contributed by atoms with Gasteiger partial charge in [-0.25, -0.2) is 14.3 Å². The van der Waals surface area contributed by atoms with Crippen LogP contribution in [0.3, 0.4) is 0 Å². The summed E-state index contributed by atoms with van der Waals surface area (Å²) in [4.78, 5) is 42.6. The maximum Gasteiger partial charge on any atom is 0.343 e. The fourth-order valence-corrected chi connectivity index (χ4v) is 5.94. The van der Waals surface area contributed by atoms with E-state index in [0.29, 0.717) is 41.2 Å². The molecule has 0 fully saturated rings. The Bertz CT molecular complexity index is 1800. The Hall–Kier alpha value is -3.89. The van der Waals surface area contributed by atoms with E-state index in [9.17, 15) is 19.5 Å². The average Bonchev–Trinajstić information content (AvgIpc) is 3.35. The van der Waals surface area contributed by atoms with E-state index < -0.39 is 11.6 Å². The van der Waals surface area contributed by atoms with Crippen LogP contribution >= 0.6 is 0 Å². The van der Waals surface area contributed by atoms with Crippen molar-refractivity contribution in [2.45, 2.75) is 65.3 Å². The molecule has 9 nitrogen and oxygen atoms in total. The summed E-state index contributed by atoms with van der Waals surface area (Å²) < 4.78 is 14.9. The van der Waals surface area contributed by atoms with Gasteiger partial charge in [-0.1, -0.05) is 13.8 Å². The molecule has 3 aromatic heterocycles. The Morgan fingerprint density at radius 1 is 1.19 bits per heavy atom. The fraction of sp³-hybridized carbons (Fsp3) is 0.344. The van der Waals surface area contributed by atoms with Gasteiger partial charge in [0.15, 0.2) is 30.3 Å². The average molecular weight is 635 g/mol. The molecular weight excluding hydrogens is 602 g/mol. The van der Waals surface area contributed by atoms with Gasteiger partial charge in [-0.15, -0.1) is 0 Å². The minimum absolute atomic E-state index is 0. The molecule has 0 saturated heterocycles. The third-order valence-electron chi connectivity index (χ3n) is 8.22. The van der Waals surface area contributed by atoms with E-state index in [1.165, 1.54) is 0 Å². The number of halogens is 1. The molecule has 0 unspecified atom stereocenters. The normalized spacial score (nSPS) is 16.7. The Morgan fingerprint density at radius 3 is 2.74 bits per heavy atom. The second-order valence-corrected chi connectivity index (χ2v) is 10.6. The summed E-state index contributed by atoms with van der Waals surface area (Å²) in [5.74, 6) is 0.0486. The predicted octanol–water partition coefficient (Wildman–Crippen LogP) is 0.605. The van der Waals surface area contributed by atoms with Crippen molar-refractivity contribution in [2.24, 2.45) is 0 Å². The third kappa shape index (κ3) is 4.82. The molecule has 0 aliphatic carbocycles. The van der Waals surface area contributed by atoms with Gasteiger partial charge in [0.2, 0.25) is 0 Å². The number of cyclic esters (lactones) is 1. The minimum atomic E-state index is -1.85. The molecule has 6 rings (SSSR count). The summed E-state index contributed by atoms with van der Waals surface area (Å²) in [5, 5.41) is 12.1. The highest BCUT2D eigenvalue weighted by Gasteiger charge is 2.45. The molecule has 0 amide bonds. The molecule has 0 spiro atoms. The topological polar surface area (TPSA) is 112 Å².